The number of nitrogens with zero attached hydrogens (tertiary/aromatic N) is 2. The van der Waals surface area contributed by atoms with Crippen LogP contribution in [0.2, 0.25) is 0 Å². The third kappa shape index (κ3) is 7.39. The first-order chi connectivity index (χ1) is 14.6. The minimum absolute atomic E-state index is 0. The zero-order chi connectivity index (χ0) is 20.9. The molecule has 0 amide bonds. The Hall–Kier alpha value is -1.26. The van der Waals surface area contributed by atoms with E-state index in [-0.39, 0.29) is 30.1 Å². The zero-order valence-electron chi connectivity index (χ0n) is 18.9. The van der Waals surface area contributed by atoms with Crippen molar-refractivity contribution in [3.05, 3.63) is 18.2 Å². The van der Waals surface area contributed by atoms with E-state index in [1.165, 1.54) is 6.42 Å². The second-order valence-corrected chi connectivity index (χ2v) is 9.14. The van der Waals surface area contributed by atoms with Crippen LogP contribution in [0.15, 0.2) is 23.2 Å². The molecule has 1 saturated carbocycles. The minimum atomic E-state index is 0. The zero-order valence-corrected chi connectivity index (χ0v) is 21.3. The molecule has 0 bridgehead atoms. The SMILES string of the molecule is CC(C)CN1CCOC(CN=C(Nc2ccc3c(c2)OCCCO3)NC2CC2C)C1.I. The molecule has 0 spiro atoms. The van der Waals surface area contributed by atoms with Crippen molar-refractivity contribution in [3.63, 3.8) is 0 Å². The predicted molar refractivity (Wildman–Crippen MR) is 135 cm³/mol. The molecule has 3 atom stereocenters. The molecule has 3 aliphatic rings. The average molecular weight is 544 g/mol. The van der Waals surface area contributed by atoms with Gasteiger partial charge in [0.05, 0.1) is 32.5 Å². The Morgan fingerprint density at radius 2 is 1.97 bits per heavy atom. The lowest BCUT2D eigenvalue weighted by atomic mass is 10.2. The first kappa shape index (κ1) is 24.4. The lowest BCUT2D eigenvalue weighted by Crippen LogP contribution is -2.45. The summed E-state index contributed by atoms with van der Waals surface area (Å²) in [6, 6.07) is 6.47. The molecule has 2 aliphatic heterocycles. The van der Waals surface area contributed by atoms with Crippen LogP contribution in [0.25, 0.3) is 0 Å². The normalized spacial score (nSPS) is 26.1. The van der Waals surface area contributed by atoms with Crippen molar-refractivity contribution in [2.45, 2.75) is 45.8 Å². The fourth-order valence-electron chi connectivity index (χ4n) is 3.96. The highest BCUT2D eigenvalue weighted by Gasteiger charge is 2.33. The molecule has 31 heavy (non-hydrogen) atoms. The number of halogens is 1. The van der Waals surface area contributed by atoms with Crippen LogP contribution in [-0.2, 0) is 4.74 Å². The van der Waals surface area contributed by atoms with Gasteiger partial charge in [0.1, 0.15) is 0 Å². The van der Waals surface area contributed by atoms with E-state index in [4.69, 9.17) is 19.2 Å². The summed E-state index contributed by atoms with van der Waals surface area (Å²) in [7, 11) is 0. The Kier molecular flexibility index (Phi) is 9.09. The number of hydrogen-bond acceptors (Lipinski definition) is 5. The average Bonchev–Trinajstić information content (AvgIpc) is 3.46. The van der Waals surface area contributed by atoms with Crippen molar-refractivity contribution in [2.75, 3.05) is 51.3 Å². The number of morpholine rings is 1. The third-order valence-corrected chi connectivity index (χ3v) is 5.74. The van der Waals surface area contributed by atoms with E-state index in [0.29, 0.717) is 37.6 Å². The molecule has 1 saturated heterocycles. The molecule has 2 heterocycles. The van der Waals surface area contributed by atoms with Gasteiger partial charge in [0.2, 0.25) is 0 Å². The number of rotatable bonds is 6. The van der Waals surface area contributed by atoms with Crippen LogP contribution in [0.5, 0.6) is 11.5 Å². The number of nitrogens with one attached hydrogen (secondary N) is 2. The van der Waals surface area contributed by atoms with E-state index in [2.05, 4.69) is 36.3 Å². The minimum Gasteiger partial charge on any atom is -0.490 e. The van der Waals surface area contributed by atoms with Gasteiger partial charge in [-0.15, -0.1) is 24.0 Å². The summed E-state index contributed by atoms with van der Waals surface area (Å²) in [4.78, 5) is 7.36. The van der Waals surface area contributed by atoms with E-state index >= 15 is 0 Å². The largest absolute Gasteiger partial charge is 0.490 e. The number of guanidine groups is 1. The monoisotopic (exact) mass is 544 g/mol. The lowest BCUT2D eigenvalue weighted by molar-refractivity contribution is -0.0261. The summed E-state index contributed by atoms with van der Waals surface area (Å²) in [5.74, 6) is 3.76. The maximum atomic E-state index is 5.98. The molecule has 2 N–H and O–H groups in total. The van der Waals surface area contributed by atoms with Gasteiger partial charge in [0.25, 0.3) is 0 Å². The Balaban J connectivity index is 0.00000272. The number of anilines is 1. The fraction of sp³-hybridized carbons (Fsp3) is 0.696. The van der Waals surface area contributed by atoms with E-state index in [0.717, 1.165) is 55.8 Å². The smallest absolute Gasteiger partial charge is 0.196 e. The summed E-state index contributed by atoms with van der Waals surface area (Å²) < 4.78 is 17.5. The summed E-state index contributed by atoms with van der Waals surface area (Å²) >= 11 is 0. The summed E-state index contributed by atoms with van der Waals surface area (Å²) in [5.41, 5.74) is 0.949. The van der Waals surface area contributed by atoms with Crippen LogP contribution in [0.3, 0.4) is 0 Å². The second kappa shape index (κ2) is 11.6. The third-order valence-electron chi connectivity index (χ3n) is 5.74. The van der Waals surface area contributed by atoms with Crippen LogP contribution < -0.4 is 20.1 Å². The second-order valence-electron chi connectivity index (χ2n) is 9.14. The first-order valence-corrected chi connectivity index (χ1v) is 11.4. The van der Waals surface area contributed by atoms with Crippen molar-refractivity contribution >= 4 is 35.6 Å². The Labute approximate surface area is 203 Å². The molecule has 174 valence electrons. The van der Waals surface area contributed by atoms with Crippen molar-refractivity contribution in [1.82, 2.24) is 10.2 Å². The summed E-state index contributed by atoms with van der Waals surface area (Å²) in [6.45, 7) is 12.7. The molecule has 1 aromatic carbocycles. The number of ether oxygens (including phenoxy) is 3. The van der Waals surface area contributed by atoms with Gasteiger partial charge in [-0.3, -0.25) is 9.89 Å². The highest BCUT2D eigenvalue weighted by Crippen LogP contribution is 2.33. The molecule has 8 heteroatoms. The Morgan fingerprint density at radius 1 is 1.19 bits per heavy atom. The molecule has 2 fully saturated rings. The van der Waals surface area contributed by atoms with Crippen molar-refractivity contribution in [1.29, 1.82) is 0 Å². The standard InChI is InChI=1S/C23H36N4O3.HI/c1-16(2)14-27-7-10-28-19(15-27)13-24-23(26-20-11-17(20)3)25-18-5-6-21-22(12-18)30-9-4-8-29-21;/h5-6,12,16-17,19-20H,4,7-11,13-15H2,1-3H3,(H2,24,25,26);1H. The van der Waals surface area contributed by atoms with Gasteiger partial charge < -0.3 is 24.8 Å². The predicted octanol–water partition coefficient (Wildman–Crippen LogP) is 3.59. The Bertz CT molecular complexity index is 746. The molecule has 0 aromatic heterocycles. The lowest BCUT2D eigenvalue weighted by Gasteiger charge is -2.33. The fourth-order valence-corrected chi connectivity index (χ4v) is 3.96. The van der Waals surface area contributed by atoms with Gasteiger partial charge in [0.15, 0.2) is 17.5 Å². The molecule has 3 unspecified atom stereocenters. The van der Waals surface area contributed by atoms with E-state index < -0.39 is 0 Å². The van der Waals surface area contributed by atoms with E-state index in [1.54, 1.807) is 0 Å². The van der Waals surface area contributed by atoms with Gasteiger partial charge in [0, 0.05) is 43.9 Å². The maximum absolute atomic E-state index is 5.98. The van der Waals surface area contributed by atoms with Crippen LogP contribution >= 0.6 is 24.0 Å². The molecule has 0 radical (unpaired) electrons. The number of aliphatic imine (C=N–C) groups is 1. The summed E-state index contributed by atoms with van der Waals surface area (Å²) in [6.07, 6.45) is 2.22. The molecule has 1 aromatic rings. The number of benzene rings is 1. The number of fused-ring (bicyclic) bond motifs is 1. The van der Waals surface area contributed by atoms with Gasteiger partial charge in [-0.05, 0) is 30.4 Å². The Morgan fingerprint density at radius 3 is 2.71 bits per heavy atom. The topological polar surface area (TPSA) is 67.4 Å². The highest BCUT2D eigenvalue weighted by atomic mass is 127. The molecule has 7 nitrogen and oxygen atoms in total. The molecule has 4 rings (SSSR count). The summed E-state index contributed by atoms with van der Waals surface area (Å²) in [5, 5.41) is 7.02. The van der Waals surface area contributed by atoms with Crippen LogP contribution in [-0.4, -0.2) is 69.0 Å². The highest BCUT2D eigenvalue weighted by molar-refractivity contribution is 14.0. The maximum Gasteiger partial charge on any atom is 0.196 e. The van der Waals surface area contributed by atoms with Gasteiger partial charge in [-0.25, -0.2) is 0 Å². The van der Waals surface area contributed by atoms with Gasteiger partial charge in [-0.1, -0.05) is 20.8 Å². The van der Waals surface area contributed by atoms with Crippen LogP contribution in [0.4, 0.5) is 5.69 Å². The van der Waals surface area contributed by atoms with Gasteiger partial charge in [-0.2, -0.15) is 0 Å². The van der Waals surface area contributed by atoms with Crippen molar-refractivity contribution in [2.24, 2.45) is 16.8 Å². The van der Waals surface area contributed by atoms with E-state index in [1.807, 2.05) is 18.2 Å². The quantitative estimate of drug-likeness (QED) is 0.324. The first-order valence-electron chi connectivity index (χ1n) is 11.4. The van der Waals surface area contributed by atoms with Gasteiger partial charge >= 0.3 is 0 Å². The van der Waals surface area contributed by atoms with Crippen molar-refractivity contribution < 1.29 is 14.2 Å². The number of hydrogen-bond donors (Lipinski definition) is 2. The van der Waals surface area contributed by atoms with E-state index in [9.17, 15) is 0 Å². The molecular formula is C23H37IN4O3. The van der Waals surface area contributed by atoms with Crippen molar-refractivity contribution in [3.8, 4) is 11.5 Å². The molecular weight excluding hydrogens is 507 g/mol. The molecule has 1 aliphatic carbocycles. The van der Waals surface area contributed by atoms with Crippen LogP contribution in [0, 0.1) is 11.8 Å². The van der Waals surface area contributed by atoms with Crippen LogP contribution in [0.1, 0.15) is 33.6 Å².